The van der Waals surface area contributed by atoms with E-state index in [1.165, 1.54) is 12.8 Å². The van der Waals surface area contributed by atoms with Gasteiger partial charge >= 0.3 is 0 Å². The van der Waals surface area contributed by atoms with Crippen LogP contribution in [0.3, 0.4) is 0 Å². The minimum Gasteiger partial charge on any atom is -0.316 e. The zero-order valence-corrected chi connectivity index (χ0v) is 11.3. The summed E-state index contributed by atoms with van der Waals surface area (Å²) in [5.74, 6) is 2.31. The molecule has 1 aliphatic rings. The number of hydrogen-bond donors (Lipinski definition) is 1. The maximum atomic E-state index is 12.0. The highest BCUT2D eigenvalue weighted by Crippen LogP contribution is 2.32. The first-order valence-electron chi connectivity index (χ1n) is 6.14. The summed E-state index contributed by atoms with van der Waals surface area (Å²) < 4.78 is 12.0. The van der Waals surface area contributed by atoms with Gasteiger partial charge in [0.2, 0.25) is 0 Å². The Morgan fingerprint density at radius 2 is 2.07 bits per heavy atom. The van der Waals surface area contributed by atoms with Gasteiger partial charge in [-0.3, -0.25) is 4.21 Å². The van der Waals surface area contributed by atoms with E-state index in [4.69, 9.17) is 0 Å². The molecule has 0 aromatic carbocycles. The van der Waals surface area contributed by atoms with Gasteiger partial charge < -0.3 is 5.32 Å². The fourth-order valence-electron chi connectivity index (χ4n) is 2.60. The van der Waals surface area contributed by atoms with Crippen molar-refractivity contribution in [1.29, 1.82) is 0 Å². The molecule has 3 heteroatoms. The number of hydrogen-bond acceptors (Lipinski definition) is 2. The first kappa shape index (κ1) is 13.2. The summed E-state index contributed by atoms with van der Waals surface area (Å²) in [6.45, 7) is 6.61. The van der Waals surface area contributed by atoms with Gasteiger partial charge in [-0.25, -0.2) is 0 Å². The molecule has 4 atom stereocenters. The van der Waals surface area contributed by atoms with Crippen molar-refractivity contribution in [2.45, 2.75) is 51.3 Å². The molecule has 0 aromatic rings. The molecule has 1 N–H and O–H groups in total. The standard InChI is InChI=1S/C12H25NOS/c1-5-15(14)12-8-10(9(2)3)6-7-11(12)13-4/h9-13H,5-8H2,1-4H3. The Morgan fingerprint density at radius 3 is 2.53 bits per heavy atom. The Labute approximate surface area is 96.7 Å². The van der Waals surface area contributed by atoms with Gasteiger partial charge in [-0.05, 0) is 38.1 Å². The van der Waals surface area contributed by atoms with Gasteiger partial charge in [0.25, 0.3) is 0 Å². The van der Waals surface area contributed by atoms with Crippen LogP contribution in [-0.4, -0.2) is 28.3 Å². The highest BCUT2D eigenvalue weighted by molar-refractivity contribution is 7.85. The largest absolute Gasteiger partial charge is 0.316 e. The monoisotopic (exact) mass is 231 g/mol. The van der Waals surface area contributed by atoms with E-state index in [0.717, 1.165) is 24.0 Å². The zero-order chi connectivity index (χ0) is 11.4. The van der Waals surface area contributed by atoms with Crippen LogP contribution in [0, 0.1) is 11.8 Å². The van der Waals surface area contributed by atoms with Crippen LogP contribution in [0.5, 0.6) is 0 Å². The average Bonchev–Trinajstić information content (AvgIpc) is 2.27. The molecule has 1 aliphatic carbocycles. The van der Waals surface area contributed by atoms with Gasteiger partial charge in [-0.2, -0.15) is 0 Å². The summed E-state index contributed by atoms with van der Waals surface area (Å²) in [5, 5.41) is 3.71. The predicted octanol–water partition coefficient (Wildman–Crippen LogP) is 2.17. The van der Waals surface area contributed by atoms with Crippen molar-refractivity contribution in [1.82, 2.24) is 5.32 Å². The van der Waals surface area contributed by atoms with E-state index in [0.29, 0.717) is 11.3 Å². The minimum atomic E-state index is -0.643. The molecule has 0 heterocycles. The fraction of sp³-hybridized carbons (Fsp3) is 1.00. The number of rotatable bonds is 4. The zero-order valence-electron chi connectivity index (χ0n) is 10.5. The van der Waals surface area contributed by atoms with Crippen LogP contribution in [0.15, 0.2) is 0 Å². The van der Waals surface area contributed by atoms with Crippen LogP contribution in [0.4, 0.5) is 0 Å². The van der Waals surface area contributed by atoms with Crippen LogP contribution in [0.1, 0.15) is 40.0 Å². The van der Waals surface area contributed by atoms with E-state index in [1.54, 1.807) is 0 Å². The Hall–Kier alpha value is 0.110. The van der Waals surface area contributed by atoms with Gasteiger partial charge in [0.05, 0.1) is 5.25 Å². The highest BCUT2D eigenvalue weighted by Gasteiger charge is 2.33. The molecule has 90 valence electrons. The highest BCUT2D eigenvalue weighted by atomic mass is 32.2. The van der Waals surface area contributed by atoms with Gasteiger partial charge in [-0.1, -0.05) is 20.8 Å². The van der Waals surface area contributed by atoms with Crippen LogP contribution >= 0.6 is 0 Å². The van der Waals surface area contributed by atoms with Gasteiger partial charge in [0.15, 0.2) is 0 Å². The van der Waals surface area contributed by atoms with E-state index >= 15 is 0 Å². The van der Waals surface area contributed by atoms with Crippen molar-refractivity contribution in [3.8, 4) is 0 Å². The Balaban J connectivity index is 2.65. The van der Waals surface area contributed by atoms with Crippen molar-refractivity contribution >= 4 is 10.8 Å². The molecule has 0 amide bonds. The van der Waals surface area contributed by atoms with Gasteiger partial charge in [0.1, 0.15) is 0 Å². The summed E-state index contributed by atoms with van der Waals surface area (Å²) in [4.78, 5) is 0. The fourth-order valence-corrected chi connectivity index (χ4v) is 4.13. The van der Waals surface area contributed by atoms with E-state index in [2.05, 4.69) is 19.2 Å². The third-order valence-corrected chi connectivity index (χ3v) is 5.53. The lowest BCUT2D eigenvalue weighted by atomic mass is 9.79. The minimum absolute atomic E-state index is 0.376. The molecule has 4 unspecified atom stereocenters. The van der Waals surface area contributed by atoms with E-state index in [1.807, 2.05) is 14.0 Å². The first-order valence-corrected chi connectivity index (χ1v) is 7.52. The Kier molecular flexibility index (Phi) is 5.27. The smallest absolute Gasteiger partial charge is 0.0503 e. The normalized spacial score (nSPS) is 34.3. The van der Waals surface area contributed by atoms with Crippen molar-refractivity contribution < 1.29 is 4.21 Å². The summed E-state index contributed by atoms with van der Waals surface area (Å²) in [7, 11) is 1.36. The van der Waals surface area contributed by atoms with E-state index < -0.39 is 10.8 Å². The van der Waals surface area contributed by atoms with E-state index in [-0.39, 0.29) is 0 Å². The molecule has 2 nitrogen and oxygen atoms in total. The molecular formula is C12H25NOS. The van der Waals surface area contributed by atoms with Gasteiger partial charge in [0, 0.05) is 22.6 Å². The molecule has 1 rings (SSSR count). The molecular weight excluding hydrogens is 206 g/mol. The second-order valence-electron chi connectivity index (χ2n) is 4.92. The lowest BCUT2D eigenvalue weighted by Gasteiger charge is -2.37. The van der Waals surface area contributed by atoms with Crippen LogP contribution in [0.25, 0.3) is 0 Å². The summed E-state index contributed by atoms with van der Waals surface area (Å²) in [6.07, 6.45) is 3.62. The van der Waals surface area contributed by atoms with Crippen LogP contribution in [-0.2, 0) is 10.8 Å². The second-order valence-corrected chi connectivity index (χ2v) is 6.86. The first-order chi connectivity index (χ1) is 7.10. The maximum Gasteiger partial charge on any atom is 0.0503 e. The lowest BCUT2D eigenvalue weighted by molar-refractivity contribution is 0.249. The number of nitrogens with one attached hydrogen (secondary N) is 1. The van der Waals surface area contributed by atoms with E-state index in [9.17, 15) is 4.21 Å². The molecule has 0 bridgehead atoms. The average molecular weight is 231 g/mol. The maximum absolute atomic E-state index is 12.0. The predicted molar refractivity (Wildman–Crippen MR) is 67.5 cm³/mol. The molecule has 1 saturated carbocycles. The Bertz CT molecular complexity index is 218. The van der Waals surface area contributed by atoms with Crippen molar-refractivity contribution in [2.24, 2.45) is 11.8 Å². The molecule has 0 saturated heterocycles. The second kappa shape index (κ2) is 6.00. The molecule has 0 radical (unpaired) electrons. The van der Waals surface area contributed by atoms with Crippen LogP contribution in [0.2, 0.25) is 0 Å². The SMILES string of the molecule is CCS(=O)C1CC(C(C)C)CCC1NC. The molecule has 15 heavy (non-hydrogen) atoms. The van der Waals surface area contributed by atoms with Crippen molar-refractivity contribution in [3.63, 3.8) is 0 Å². The molecule has 0 aliphatic heterocycles. The Morgan fingerprint density at radius 1 is 1.40 bits per heavy atom. The lowest BCUT2D eigenvalue weighted by Crippen LogP contribution is -2.46. The third kappa shape index (κ3) is 3.28. The summed E-state index contributed by atoms with van der Waals surface area (Å²) in [5.41, 5.74) is 0. The quantitative estimate of drug-likeness (QED) is 0.803. The van der Waals surface area contributed by atoms with Crippen molar-refractivity contribution in [2.75, 3.05) is 12.8 Å². The summed E-state index contributed by atoms with van der Waals surface area (Å²) >= 11 is 0. The molecule has 0 spiro atoms. The topological polar surface area (TPSA) is 29.1 Å². The molecule has 0 aromatic heterocycles. The van der Waals surface area contributed by atoms with Crippen molar-refractivity contribution in [3.05, 3.63) is 0 Å². The molecule has 1 fully saturated rings. The van der Waals surface area contributed by atoms with Crippen LogP contribution < -0.4 is 5.32 Å². The third-order valence-electron chi connectivity index (χ3n) is 3.77. The summed E-state index contributed by atoms with van der Waals surface area (Å²) in [6, 6.07) is 0.473. The van der Waals surface area contributed by atoms with Gasteiger partial charge in [-0.15, -0.1) is 0 Å².